The average molecular weight is 388 g/mol. The number of hydrogen-bond acceptors (Lipinski definition) is 3. The van der Waals surface area contributed by atoms with Crippen molar-refractivity contribution in [3.8, 4) is 0 Å². The lowest BCUT2D eigenvalue weighted by Gasteiger charge is -2.24. The van der Waals surface area contributed by atoms with Crippen molar-refractivity contribution in [3.63, 3.8) is 0 Å². The minimum Gasteiger partial charge on any atom is -0.372 e. The molecule has 0 amide bonds. The number of thioether (sulfide) groups is 1. The van der Waals surface area contributed by atoms with Crippen molar-refractivity contribution in [2.45, 2.75) is 16.8 Å². The van der Waals surface area contributed by atoms with Crippen molar-refractivity contribution in [3.05, 3.63) is 75.9 Å². The van der Waals surface area contributed by atoms with Gasteiger partial charge in [-0.05, 0) is 30.0 Å². The molecule has 2 aromatic rings. The van der Waals surface area contributed by atoms with E-state index in [1.807, 2.05) is 18.3 Å². The lowest BCUT2D eigenvalue weighted by Crippen LogP contribution is -2.35. The summed E-state index contributed by atoms with van der Waals surface area (Å²) in [5.74, 6) is 0.815. The van der Waals surface area contributed by atoms with E-state index >= 15 is 0 Å². The minimum absolute atomic E-state index is 0. The van der Waals surface area contributed by atoms with E-state index in [9.17, 15) is 0 Å². The first-order chi connectivity index (χ1) is 10.7. The molecule has 1 heterocycles. The van der Waals surface area contributed by atoms with Crippen molar-refractivity contribution in [2.24, 2.45) is 0 Å². The smallest absolute Gasteiger partial charge is 0.104 e. The Morgan fingerprint density at radius 2 is 1.96 bits per heavy atom. The Morgan fingerprint density at radius 3 is 2.70 bits per heavy atom. The van der Waals surface area contributed by atoms with E-state index in [4.69, 9.17) is 23.2 Å². The molecule has 0 aliphatic carbocycles. The fourth-order valence-corrected chi connectivity index (χ4v) is 3.96. The maximum absolute atomic E-state index is 6.25. The molecule has 23 heavy (non-hydrogen) atoms. The van der Waals surface area contributed by atoms with Gasteiger partial charge in [-0.3, -0.25) is 5.32 Å². The molecule has 0 saturated carbocycles. The highest BCUT2D eigenvalue weighted by Crippen LogP contribution is 2.32. The first-order valence-electron chi connectivity index (χ1n) is 7.04. The summed E-state index contributed by atoms with van der Waals surface area (Å²) in [6.45, 7) is 0.875. The number of benzene rings is 2. The van der Waals surface area contributed by atoms with Crippen LogP contribution in [0.25, 0.3) is 0 Å². The Kier molecular flexibility index (Phi) is 7.12. The summed E-state index contributed by atoms with van der Waals surface area (Å²) in [6.07, 6.45) is 4.22. The normalized spacial score (nSPS) is 16.5. The van der Waals surface area contributed by atoms with Crippen molar-refractivity contribution in [1.82, 2.24) is 10.6 Å². The Morgan fingerprint density at radius 1 is 1.13 bits per heavy atom. The summed E-state index contributed by atoms with van der Waals surface area (Å²) in [5, 5.41) is 8.17. The van der Waals surface area contributed by atoms with E-state index in [1.54, 1.807) is 17.8 Å². The molecule has 1 atom stereocenters. The monoisotopic (exact) mass is 386 g/mol. The van der Waals surface area contributed by atoms with Crippen molar-refractivity contribution < 1.29 is 0 Å². The molecule has 0 fully saturated rings. The van der Waals surface area contributed by atoms with Gasteiger partial charge in [0.15, 0.2) is 0 Å². The number of hydrogen-bond donors (Lipinski definition) is 2. The van der Waals surface area contributed by atoms with Gasteiger partial charge in [-0.25, -0.2) is 0 Å². The van der Waals surface area contributed by atoms with Crippen LogP contribution in [0.5, 0.6) is 0 Å². The van der Waals surface area contributed by atoms with E-state index in [0.29, 0.717) is 10.0 Å². The molecule has 0 bridgehead atoms. The van der Waals surface area contributed by atoms with Crippen molar-refractivity contribution in [1.29, 1.82) is 0 Å². The summed E-state index contributed by atoms with van der Waals surface area (Å²) in [5.41, 5.74) is 2.34. The third kappa shape index (κ3) is 4.82. The van der Waals surface area contributed by atoms with Crippen LogP contribution in [0.4, 0.5) is 0 Å². The summed E-state index contributed by atoms with van der Waals surface area (Å²) in [7, 11) is 0. The maximum Gasteiger partial charge on any atom is 0.104 e. The molecule has 1 aliphatic rings. The highest BCUT2D eigenvalue weighted by molar-refractivity contribution is 7.98. The number of nitrogens with one attached hydrogen (secondary N) is 2. The number of halogens is 3. The van der Waals surface area contributed by atoms with Gasteiger partial charge >= 0.3 is 0 Å². The van der Waals surface area contributed by atoms with Crippen LogP contribution in [-0.2, 0) is 5.75 Å². The van der Waals surface area contributed by atoms with E-state index in [-0.39, 0.29) is 18.6 Å². The second-order valence-electron chi connectivity index (χ2n) is 4.97. The van der Waals surface area contributed by atoms with Crippen LogP contribution >= 0.6 is 47.4 Å². The van der Waals surface area contributed by atoms with Gasteiger partial charge in [0.05, 0.1) is 0 Å². The molecule has 0 aromatic heterocycles. The standard InChI is InChI=1S/C17H16Cl2N2S.ClH/c18-13-7-6-12(15(19)10-13)11-22-16-5-2-1-4-14(16)17-20-8-3-9-21-17;/h1-8,10,17,20-21H,9,11H2;1H. The Balaban J connectivity index is 0.00000192. The van der Waals surface area contributed by atoms with Gasteiger partial charge in [-0.2, -0.15) is 0 Å². The molecular formula is C17H17Cl3N2S. The zero-order valence-electron chi connectivity index (χ0n) is 12.3. The van der Waals surface area contributed by atoms with Crippen LogP contribution in [0.1, 0.15) is 17.3 Å². The molecule has 1 aliphatic heterocycles. The van der Waals surface area contributed by atoms with E-state index < -0.39 is 0 Å². The molecule has 2 N–H and O–H groups in total. The fourth-order valence-electron chi connectivity index (χ4n) is 2.31. The molecule has 2 nitrogen and oxygen atoms in total. The van der Waals surface area contributed by atoms with Crippen molar-refractivity contribution >= 4 is 47.4 Å². The second-order valence-corrected chi connectivity index (χ2v) is 6.83. The molecule has 3 rings (SSSR count). The zero-order chi connectivity index (χ0) is 15.4. The van der Waals surface area contributed by atoms with Crippen LogP contribution in [0, 0.1) is 0 Å². The summed E-state index contributed by atoms with van der Waals surface area (Å²) >= 11 is 14.0. The van der Waals surface area contributed by atoms with Gasteiger partial charge in [0.1, 0.15) is 6.17 Å². The van der Waals surface area contributed by atoms with Gasteiger partial charge in [0, 0.05) is 32.8 Å². The number of rotatable bonds is 4. The largest absolute Gasteiger partial charge is 0.372 e. The lowest BCUT2D eigenvalue weighted by molar-refractivity contribution is 0.491. The molecule has 0 radical (unpaired) electrons. The minimum atomic E-state index is 0. The Bertz CT molecular complexity index is 691. The highest BCUT2D eigenvalue weighted by atomic mass is 35.5. The molecule has 0 spiro atoms. The topological polar surface area (TPSA) is 24.1 Å². The SMILES string of the molecule is Cl.Clc1ccc(CSc2ccccc2C2NC=CCN2)c(Cl)c1. The molecule has 0 saturated heterocycles. The van der Waals surface area contributed by atoms with Gasteiger partial charge in [-0.1, -0.05) is 53.5 Å². The lowest BCUT2D eigenvalue weighted by atomic mass is 10.1. The molecule has 6 heteroatoms. The third-order valence-corrected chi connectivity index (χ3v) is 5.17. The van der Waals surface area contributed by atoms with E-state index in [2.05, 4.69) is 41.0 Å². The van der Waals surface area contributed by atoms with Crippen LogP contribution < -0.4 is 10.6 Å². The Hall–Kier alpha value is -0.840. The summed E-state index contributed by atoms with van der Waals surface area (Å²) in [4.78, 5) is 1.24. The third-order valence-electron chi connectivity index (χ3n) is 3.45. The molecule has 122 valence electrons. The highest BCUT2D eigenvalue weighted by Gasteiger charge is 2.15. The van der Waals surface area contributed by atoms with Crippen molar-refractivity contribution in [2.75, 3.05) is 6.54 Å². The van der Waals surface area contributed by atoms with Crippen LogP contribution in [-0.4, -0.2) is 6.54 Å². The molecular weight excluding hydrogens is 371 g/mol. The average Bonchev–Trinajstić information content (AvgIpc) is 2.55. The van der Waals surface area contributed by atoms with Crippen LogP contribution in [0.2, 0.25) is 10.0 Å². The maximum atomic E-state index is 6.25. The Labute approximate surface area is 157 Å². The van der Waals surface area contributed by atoms with Crippen LogP contribution in [0.3, 0.4) is 0 Å². The van der Waals surface area contributed by atoms with Gasteiger partial charge < -0.3 is 5.32 Å². The first kappa shape index (κ1) is 18.5. The van der Waals surface area contributed by atoms with E-state index in [0.717, 1.165) is 17.9 Å². The first-order valence-corrected chi connectivity index (χ1v) is 8.78. The summed E-state index contributed by atoms with van der Waals surface area (Å²) < 4.78 is 0. The quantitative estimate of drug-likeness (QED) is 0.686. The predicted molar refractivity (Wildman–Crippen MR) is 103 cm³/mol. The van der Waals surface area contributed by atoms with Gasteiger partial charge in [0.2, 0.25) is 0 Å². The predicted octanol–water partition coefficient (Wildman–Crippen LogP) is 5.41. The zero-order valence-corrected chi connectivity index (χ0v) is 15.4. The van der Waals surface area contributed by atoms with Crippen LogP contribution in [0.15, 0.2) is 59.6 Å². The summed E-state index contributed by atoms with van der Waals surface area (Å²) in [6, 6.07) is 14.1. The van der Waals surface area contributed by atoms with Gasteiger partial charge in [0.25, 0.3) is 0 Å². The second kappa shape index (κ2) is 8.86. The van der Waals surface area contributed by atoms with E-state index in [1.165, 1.54) is 10.5 Å². The molecule has 1 unspecified atom stereocenters. The van der Waals surface area contributed by atoms with Gasteiger partial charge in [-0.15, -0.1) is 24.2 Å². The fraction of sp³-hybridized carbons (Fsp3) is 0.176. The molecule has 2 aromatic carbocycles.